The number of ether oxygens (including phenoxy) is 3. The van der Waals surface area contributed by atoms with Crippen LogP contribution in [0.4, 0.5) is 10.8 Å². The maximum atomic E-state index is 5.53. The highest BCUT2D eigenvalue weighted by Gasteiger charge is 2.15. The number of nitrogens with zero attached hydrogens (tertiary/aromatic N) is 1. The molecule has 1 aromatic heterocycles. The summed E-state index contributed by atoms with van der Waals surface area (Å²) in [4.78, 5) is 4.70. The van der Waals surface area contributed by atoms with Crippen LogP contribution in [0.25, 0.3) is 11.3 Å². The molecular weight excluding hydrogens is 336 g/mol. The van der Waals surface area contributed by atoms with Crippen molar-refractivity contribution < 1.29 is 14.2 Å². The molecular formula is C19H18N2O3S. The van der Waals surface area contributed by atoms with E-state index in [0.717, 1.165) is 39.3 Å². The van der Waals surface area contributed by atoms with Crippen molar-refractivity contribution in [3.63, 3.8) is 0 Å². The summed E-state index contributed by atoms with van der Waals surface area (Å²) in [7, 11) is 1.69. The number of benzene rings is 2. The standard InChI is InChI=1S/C19H18N2O3S/c1-11-6-14(17(22-3)7-12(11)2)15-9-25-19(21-15)20-13-4-5-16-18(8-13)24-10-23-16/h4-9H,10H2,1-3H3,(H,20,21). The van der Waals surface area contributed by atoms with Gasteiger partial charge in [0.1, 0.15) is 5.75 Å². The molecule has 6 heteroatoms. The molecule has 0 aliphatic carbocycles. The Morgan fingerprint density at radius 1 is 1.08 bits per heavy atom. The Morgan fingerprint density at radius 3 is 2.72 bits per heavy atom. The first-order valence-corrected chi connectivity index (χ1v) is 8.80. The van der Waals surface area contributed by atoms with Crippen molar-refractivity contribution in [2.24, 2.45) is 0 Å². The van der Waals surface area contributed by atoms with E-state index >= 15 is 0 Å². The zero-order valence-electron chi connectivity index (χ0n) is 14.3. The quantitative estimate of drug-likeness (QED) is 0.721. The number of fused-ring (bicyclic) bond motifs is 1. The van der Waals surface area contributed by atoms with Crippen molar-refractivity contribution in [3.05, 3.63) is 46.8 Å². The zero-order chi connectivity index (χ0) is 17.4. The Kier molecular flexibility index (Phi) is 3.97. The van der Waals surface area contributed by atoms with Crippen LogP contribution in [-0.2, 0) is 0 Å². The summed E-state index contributed by atoms with van der Waals surface area (Å²) in [6.07, 6.45) is 0. The van der Waals surface area contributed by atoms with E-state index in [9.17, 15) is 0 Å². The first-order chi connectivity index (χ1) is 12.1. The first-order valence-electron chi connectivity index (χ1n) is 7.92. The van der Waals surface area contributed by atoms with E-state index in [-0.39, 0.29) is 6.79 Å². The summed E-state index contributed by atoms with van der Waals surface area (Å²) < 4.78 is 16.3. The second-order valence-electron chi connectivity index (χ2n) is 5.87. The second-order valence-corrected chi connectivity index (χ2v) is 6.73. The molecule has 1 N–H and O–H groups in total. The molecule has 128 valence electrons. The summed E-state index contributed by atoms with van der Waals surface area (Å²) in [5.74, 6) is 2.35. The Hall–Kier alpha value is -2.73. The Bertz CT molecular complexity index is 936. The van der Waals surface area contributed by atoms with Gasteiger partial charge in [0.25, 0.3) is 0 Å². The summed E-state index contributed by atoms with van der Waals surface area (Å²) in [6.45, 7) is 4.44. The molecule has 0 spiro atoms. The SMILES string of the molecule is COc1cc(C)c(C)cc1-c1csc(Nc2ccc3c(c2)OCO3)n1. The van der Waals surface area contributed by atoms with E-state index in [1.54, 1.807) is 18.4 Å². The lowest BCUT2D eigenvalue weighted by atomic mass is 10.0. The van der Waals surface area contributed by atoms with Crippen LogP contribution in [0.2, 0.25) is 0 Å². The monoisotopic (exact) mass is 354 g/mol. The molecule has 0 atom stereocenters. The number of hydrogen-bond donors (Lipinski definition) is 1. The highest BCUT2D eigenvalue weighted by molar-refractivity contribution is 7.14. The Morgan fingerprint density at radius 2 is 1.88 bits per heavy atom. The van der Waals surface area contributed by atoms with Crippen LogP contribution in [0.5, 0.6) is 17.2 Å². The predicted molar refractivity (Wildman–Crippen MR) is 99.4 cm³/mol. The van der Waals surface area contributed by atoms with Gasteiger partial charge in [-0.25, -0.2) is 4.98 Å². The molecule has 1 aliphatic rings. The fourth-order valence-corrected chi connectivity index (χ4v) is 3.44. The zero-order valence-corrected chi connectivity index (χ0v) is 15.1. The van der Waals surface area contributed by atoms with E-state index in [1.165, 1.54) is 11.1 Å². The van der Waals surface area contributed by atoms with Gasteiger partial charge in [-0.1, -0.05) is 0 Å². The average Bonchev–Trinajstić information content (AvgIpc) is 3.25. The molecule has 3 aromatic rings. The van der Waals surface area contributed by atoms with Gasteiger partial charge in [-0.3, -0.25) is 0 Å². The van der Waals surface area contributed by atoms with Gasteiger partial charge < -0.3 is 19.5 Å². The summed E-state index contributed by atoms with van der Waals surface area (Å²) in [6, 6.07) is 9.93. The highest BCUT2D eigenvalue weighted by Crippen LogP contribution is 2.37. The van der Waals surface area contributed by atoms with Crippen LogP contribution in [0.3, 0.4) is 0 Å². The van der Waals surface area contributed by atoms with Crippen LogP contribution in [-0.4, -0.2) is 18.9 Å². The molecule has 2 aromatic carbocycles. The van der Waals surface area contributed by atoms with Gasteiger partial charge in [-0.2, -0.15) is 0 Å². The van der Waals surface area contributed by atoms with E-state index in [1.807, 2.05) is 23.6 Å². The normalized spacial score (nSPS) is 12.3. The van der Waals surface area contributed by atoms with Crippen LogP contribution >= 0.6 is 11.3 Å². The van der Waals surface area contributed by atoms with Crippen LogP contribution in [0.15, 0.2) is 35.7 Å². The predicted octanol–water partition coefficient (Wildman–Crippen LogP) is 4.91. The molecule has 0 amide bonds. The van der Waals surface area contributed by atoms with Crippen molar-refractivity contribution in [1.82, 2.24) is 4.98 Å². The van der Waals surface area contributed by atoms with Gasteiger partial charge in [0, 0.05) is 22.7 Å². The van der Waals surface area contributed by atoms with Gasteiger partial charge in [0.2, 0.25) is 6.79 Å². The van der Waals surface area contributed by atoms with Crippen molar-refractivity contribution in [2.45, 2.75) is 13.8 Å². The number of hydrogen-bond acceptors (Lipinski definition) is 6. The third-order valence-corrected chi connectivity index (χ3v) is 4.98. The number of thiazole rings is 1. The summed E-state index contributed by atoms with van der Waals surface area (Å²) in [5, 5.41) is 6.16. The average molecular weight is 354 g/mol. The van der Waals surface area contributed by atoms with Crippen molar-refractivity contribution in [3.8, 4) is 28.5 Å². The number of nitrogens with one attached hydrogen (secondary N) is 1. The van der Waals surface area contributed by atoms with Crippen molar-refractivity contribution in [2.75, 3.05) is 19.2 Å². The molecule has 0 saturated carbocycles. The smallest absolute Gasteiger partial charge is 0.231 e. The molecule has 0 saturated heterocycles. The highest BCUT2D eigenvalue weighted by atomic mass is 32.1. The maximum absolute atomic E-state index is 5.53. The minimum absolute atomic E-state index is 0.271. The number of methoxy groups -OCH3 is 1. The van der Waals surface area contributed by atoms with Crippen molar-refractivity contribution >= 4 is 22.2 Å². The Labute approximate surface area is 150 Å². The van der Waals surface area contributed by atoms with Crippen LogP contribution in [0, 0.1) is 13.8 Å². The van der Waals surface area contributed by atoms with E-state index in [0.29, 0.717) is 0 Å². The van der Waals surface area contributed by atoms with Crippen molar-refractivity contribution in [1.29, 1.82) is 0 Å². The molecule has 0 fully saturated rings. The van der Waals surface area contributed by atoms with Gasteiger partial charge in [-0.05, 0) is 49.2 Å². The number of rotatable bonds is 4. The lowest BCUT2D eigenvalue weighted by Gasteiger charge is -2.10. The van der Waals surface area contributed by atoms with E-state index < -0.39 is 0 Å². The molecule has 1 aliphatic heterocycles. The molecule has 4 rings (SSSR count). The molecule has 0 radical (unpaired) electrons. The molecule has 2 heterocycles. The first kappa shape index (κ1) is 15.8. The fourth-order valence-electron chi connectivity index (χ4n) is 2.71. The van der Waals surface area contributed by atoms with E-state index in [2.05, 4.69) is 31.3 Å². The van der Waals surface area contributed by atoms with Gasteiger partial charge in [0.15, 0.2) is 16.6 Å². The largest absolute Gasteiger partial charge is 0.496 e. The summed E-state index contributed by atoms with van der Waals surface area (Å²) in [5.41, 5.74) is 5.23. The lowest BCUT2D eigenvalue weighted by molar-refractivity contribution is 0.174. The molecule has 0 unspecified atom stereocenters. The molecule has 5 nitrogen and oxygen atoms in total. The van der Waals surface area contributed by atoms with Gasteiger partial charge >= 0.3 is 0 Å². The van der Waals surface area contributed by atoms with Gasteiger partial charge in [0.05, 0.1) is 12.8 Å². The fraction of sp³-hybridized carbons (Fsp3) is 0.211. The topological polar surface area (TPSA) is 52.6 Å². The molecule has 25 heavy (non-hydrogen) atoms. The third-order valence-electron chi connectivity index (χ3n) is 4.22. The number of aromatic nitrogens is 1. The number of anilines is 2. The molecule has 0 bridgehead atoms. The second kappa shape index (κ2) is 6.29. The van der Waals surface area contributed by atoms with E-state index in [4.69, 9.17) is 19.2 Å². The Balaban J connectivity index is 1.61. The third kappa shape index (κ3) is 3.00. The number of aryl methyl sites for hydroxylation is 2. The maximum Gasteiger partial charge on any atom is 0.231 e. The van der Waals surface area contributed by atoms with Crippen LogP contribution < -0.4 is 19.5 Å². The lowest BCUT2D eigenvalue weighted by Crippen LogP contribution is -1.93. The van der Waals surface area contributed by atoms with Gasteiger partial charge in [-0.15, -0.1) is 11.3 Å². The minimum Gasteiger partial charge on any atom is -0.496 e. The summed E-state index contributed by atoms with van der Waals surface area (Å²) >= 11 is 1.55. The minimum atomic E-state index is 0.271. The van der Waals surface area contributed by atoms with Crippen LogP contribution in [0.1, 0.15) is 11.1 Å².